The molecule has 0 fully saturated rings. The highest BCUT2D eigenvalue weighted by Gasteiger charge is 2.14. The molecule has 1 heterocycles. The molecule has 0 saturated heterocycles. The third kappa shape index (κ3) is 2.37. The summed E-state index contributed by atoms with van der Waals surface area (Å²) in [4.78, 5) is 22.0. The molecule has 0 spiro atoms. The van der Waals surface area contributed by atoms with Gasteiger partial charge in [0, 0.05) is 22.6 Å². The first-order valence-electron chi connectivity index (χ1n) is 6.64. The van der Waals surface area contributed by atoms with Gasteiger partial charge in [0.15, 0.2) is 6.29 Å². The van der Waals surface area contributed by atoms with Crippen molar-refractivity contribution in [2.24, 2.45) is 0 Å². The number of aromatic carboxylic acids is 1. The number of aryl methyl sites for hydroxylation is 1. The summed E-state index contributed by atoms with van der Waals surface area (Å²) in [6, 6.07) is 8.61. The molecule has 2 aromatic rings. The molecule has 0 bridgehead atoms. The van der Waals surface area contributed by atoms with Gasteiger partial charge in [-0.3, -0.25) is 4.79 Å². The fourth-order valence-corrected chi connectivity index (χ4v) is 2.43. The number of benzene rings is 1. The van der Waals surface area contributed by atoms with Crippen molar-refractivity contribution in [3.63, 3.8) is 0 Å². The summed E-state index contributed by atoms with van der Waals surface area (Å²) < 4.78 is 2.04. The van der Waals surface area contributed by atoms with Crippen LogP contribution in [0.4, 0.5) is 0 Å². The molecule has 1 aromatic carbocycles. The summed E-state index contributed by atoms with van der Waals surface area (Å²) in [5, 5.41) is 8.94. The van der Waals surface area contributed by atoms with E-state index in [1.807, 2.05) is 24.5 Å². The van der Waals surface area contributed by atoms with Crippen molar-refractivity contribution in [1.29, 1.82) is 0 Å². The van der Waals surface area contributed by atoms with E-state index in [1.54, 1.807) is 24.3 Å². The second-order valence-electron chi connectivity index (χ2n) is 4.55. The van der Waals surface area contributed by atoms with E-state index >= 15 is 0 Å². The molecule has 0 amide bonds. The van der Waals surface area contributed by atoms with Crippen molar-refractivity contribution in [1.82, 2.24) is 4.57 Å². The van der Waals surface area contributed by atoms with Gasteiger partial charge < -0.3 is 9.67 Å². The van der Waals surface area contributed by atoms with E-state index in [1.165, 1.54) is 0 Å². The smallest absolute Gasteiger partial charge is 0.335 e. The lowest BCUT2D eigenvalue weighted by Crippen LogP contribution is -2.05. The fraction of sp³-hybridized carbons (Fsp3) is 0.250. The predicted molar refractivity (Wildman–Crippen MR) is 76.9 cm³/mol. The van der Waals surface area contributed by atoms with Gasteiger partial charge in [0.25, 0.3) is 0 Å². The summed E-state index contributed by atoms with van der Waals surface area (Å²) in [6.07, 6.45) is 2.43. The Labute approximate surface area is 117 Å². The average molecular weight is 271 g/mol. The molecule has 1 N–H and O–H groups in total. The number of carboxylic acids is 1. The third-order valence-electron chi connectivity index (χ3n) is 3.41. The molecular weight excluding hydrogens is 254 g/mol. The SMILES string of the molecule is CCc1cc(C=O)c(CC)n1-c1ccc(C(=O)O)cc1. The van der Waals surface area contributed by atoms with E-state index in [0.29, 0.717) is 5.56 Å². The van der Waals surface area contributed by atoms with Gasteiger partial charge in [0.05, 0.1) is 5.56 Å². The lowest BCUT2D eigenvalue weighted by molar-refractivity contribution is 0.0696. The van der Waals surface area contributed by atoms with Gasteiger partial charge in [0.2, 0.25) is 0 Å². The maximum atomic E-state index is 11.2. The van der Waals surface area contributed by atoms with Crippen molar-refractivity contribution in [2.45, 2.75) is 26.7 Å². The Bertz CT molecular complexity index is 638. The number of hydrogen-bond donors (Lipinski definition) is 1. The van der Waals surface area contributed by atoms with Crippen LogP contribution < -0.4 is 0 Å². The molecule has 20 heavy (non-hydrogen) atoms. The number of carbonyl (C=O) groups excluding carboxylic acids is 1. The van der Waals surface area contributed by atoms with Crippen molar-refractivity contribution in [3.05, 3.63) is 52.8 Å². The van der Waals surface area contributed by atoms with Crippen LogP contribution in [0.15, 0.2) is 30.3 Å². The van der Waals surface area contributed by atoms with Crippen molar-refractivity contribution in [3.8, 4) is 5.69 Å². The number of rotatable bonds is 5. The topological polar surface area (TPSA) is 59.3 Å². The Morgan fingerprint density at radius 2 is 1.85 bits per heavy atom. The van der Waals surface area contributed by atoms with Crippen LogP contribution in [0, 0.1) is 0 Å². The van der Waals surface area contributed by atoms with Crippen molar-refractivity contribution >= 4 is 12.3 Å². The minimum Gasteiger partial charge on any atom is -0.478 e. The van der Waals surface area contributed by atoms with Crippen LogP contribution in [0.3, 0.4) is 0 Å². The van der Waals surface area contributed by atoms with E-state index in [-0.39, 0.29) is 5.56 Å². The second-order valence-corrected chi connectivity index (χ2v) is 4.55. The molecule has 0 aliphatic heterocycles. The monoisotopic (exact) mass is 271 g/mol. The summed E-state index contributed by atoms with van der Waals surface area (Å²) >= 11 is 0. The van der Waals surface area contributed by atoms with Gasteiger partial charge >= 0.3 is 5.97 Å². The third-order valence-corrected chi connectivity index (χ3v) is 3.41. The molecule has 4 nitrogen and oxygen atoms in total. The Kier molecular flexibility index (Phi) is 4.03. The van der Waals surface area contributed by atoms with Gasteiger partial charge in [0.1, 0.15) is 0 Å². The van der Waals surface area contributed by atoms with Gasteiger partial charge in [-0.2, -0.15) is 0 Å². The fourth-order valence-electron chi connectivity index (χ4n) is 2.43. The van der Waals surface area contributed by atoms with Crippen LogP contribution in [0.25, 0.3) is 5.69 Å². The van der Waals surface area contributed by atoms with Crippen LogP contribution in [0.5, 0.6) is 0 Å². The van der Waals surface area contributed by atoms with Crippen LogP contribution >= 0.6 is 0 Å². The molecule has 1 aromatic heterocycles. The summed E-state index contributed by atoms with van der Waals surface area (Å²) in [7, 11) is 0. The highest BCUT2D eigenvalue weighted by molar-refractivity contribution is 5.87. The number of aldehydes is 1. The molecule has 2 rings (SSSR count). The van der Waals surface area contributed by atoms with Gasteiger partial charge in [-0.05, 0) is 43.2 Å². The van der Waals surface area contributed by atoms with E-state index in [0.717, 1.165) is 36.2 Å². The number of nitrogens with zero attached hydrogens (tertiary/aromatic N) is 1. The molecule has 0 saturated carbocycles. The Hall–Kier alpha value is -2.36. The maximum Gasteiger partial charge on any atom is 0.335 e. The second kappa shape index (κ2) is 5.74. The first-order valence-corrected chi connectivity index (χ1v) is 6.64. The average Bonchev–Trinajstić information content (AvgIpc) is 2.84. The minimum atomic E-state index is -0.941. The van der Waals surface area contributed by atoms with Crippen LogP contribution in [-0.2, 0) is 12.8 Å². The molecular formula is C16H17NO3. The summed E-state index contributed by atoms with van der Waals surface area (Å²) in [5.41, 5.74) is 3.85. The molecule has 0 radical (unpaired) electrons. The zero-order valence-electron chi connectivity index (χ0n) is 11.6. The maximum absolute atomic E-state index is 11.2. The highest BCUT2D eigenvalue weighted by atomic mass is 16.4. The van der Waals surface area contributed by atoms with Crippen molar-refractivity contribution in [2.75, 3.05) is 0 Å². The summed E-state index contributed by atoms with van der Waals surface area (Å²) in [5.74, 6) is -0.941. The quantitative estimate of drug-likeness (QED) is 0.850. The zero-order chi connectivity index (χ0) is 14.7. The van der Waals surface area contributed by atoms with E-state index in [2.05, 4.69) is 0 Å². The molecule has 0 aliphatic carbocycles. The molecule has 0 unspecified atom stereocenters. The normalized spacial score (nSPS) is 10.5. The van der Waals surface area contributed by atoms with Gasteiger partial charge in [-0.25, -0.2) is 4.79 Å². The molecule has 0 aliphatic rings. The van der Waals surface area contributed by atoms with E-state index in [9.17, 15) is 9.59 Å². The lowest BCUT2D eigenvalue weighted by Gasteiger charge is -2.12. The first-order chi connectivity index (χ1) is 9.62. The first kappa shape index (κ1) is 14.1. The zero-order valence-corrected chi connectivity index (χ0v) is 11.6. The predicted octanol–water partition coefficient (Wildman–Crippen LogP) is 3.11. The highest BCUT2D eigenvalue weighted by Crippen LogP contribution is 2.22. The van der Waals surface area contributed by atoms with E-state index in [4.69, 9.17) is 5.11 Å². The standard InChI is InChI=1S/C16H17NO3/c1-3-13-9-12(10-18)15(4-2)17(13)14-7-5-11(6-8-14)16(19)20/h5-10H,3-4H2,1-2H3,(H,19,20). The van der Waals surface area contributed by atoms with Crippen LogP contribution in [0.1, 0.15) is 46.0 Å². The Balaban J connectivity index is 2.58. The van der Waals surface area contributed by atoms with Crippen LogP contribution in [0.2, 0.25) is 0 Å². The molecule has 104 valence electrons. The van der Waals surface area contributed by atoms with E-state index < -0.39 is 5.97 Å². The summed E-state index contributed by atoms with van der Waals surface area (Å²) in [6.45, 7) is 4.04. The van der Waals surface area contributed by atoms with Gasteiger partial charge in [-0.15, -0.1) is 0 Å². The van der Waals surface area contributed by atoms with Gasteiger partial charge in [-0.1, -0.05) is 13.8 Å². The molecule has 0 atom stereocenters. The Morgan fingerprint density at radius 3 is 2.30 bits per heavy atom. The Morgan fingerprint density at radius 1 is 1.20 bits per heavy atom. The van der Waals surface area contributed by atoms with Crippen molar-refractivity contribution < 1.29 is 14.7 Å². The largest absolute Gasteiger partial charge is 0.478 e. The lowest BCUT2D eigenvalue weighted by atomic mass is 10.2. The molecule has 4 heteroatoms. The van der Waals surface area contributed by atoms with Crippen LogP contribution in [-0.4, -0.2) is 21.9 Å². The number of aromatic nitrogens is 1. The number of hydrogen-bond acceptors (Lipinski definition) is 2. The minimum absolute atomic E-state index is 0.257. The number of carbonyl (C=O) groups is 2. The number of carboxylic acid groups (broad SMARTS) is 1.